The summed E-state index contributed by atoms with van der Waals surface area (Å²) in [6.07, 6.45) is 0.733. The highest BCUT2D eigenvalue weighted by Gasteiger charge is 2.38. The average molecular weight is 327 g/mol. The Hall–Kier alpha value is -1.64. The van der Waals surface area contributed by atoms with Crippen LogP contribution in [0.4, 0.5) is 5.82 Å². The largest absolute Gasteiger partial charge is 0.503 e. The third-order valence-electron chi connectivity index (χ3n) is 3.49. The van der Waals surface area contributed by atoms with Gasteiger partial charge in [0.05, 0.1) is 31.1 Å². The van der Waals surface area contributed by atoms with Crippen molar-refractivity contribution in [1.29, 1.82) is 0 Å². The van der Waals surface area contributed by atoms with Crippen molar-refractivity contribution in [3.05, 3.63) is 16.7 Å². The molecular weight excluding hydrogens is 302 g/mol. The molecule has 1 aromatic heterocycles. The summed E-state index contributed by atoms with van der Waals surface area (Å²) in [7, 11) is 0. The number of aromatic hydroxyl groups is 1. The van der Waals surface area contributed by atoms with E-state index in [2.05, 4.69) is 4.98 Å². The molecule has 130 valence electrons. The number of anilines is 1. The number of aromatic nitrogens is 2. The lowest BCUT2D eigenvalue weighted by atomic mass is 10.1. The van der Waals surface area contributed by atoms with Crippen molar-refractivity contribution >= 4 is 5.82 Å². The van der Waals surface area contributed by atoms with Crippen molar-refractivity contribution < 1.29 is 19.3 Å². The standard InChI is InChI=1S/C15H25N3O5/c1-8(2)21-7-12-11(22-9(3)4)5-13(23-12)18-6-10(19)14(16)17-15(18)20/h6,8-9,11-13,19H,5,7H2,1-4H3,(H2,16,17,20). The molecule has 2 heterocycles. The zero-order chi connectivity index (χ0) is 17.1. The van der Waals surface area contributed by atoms with E-state index in [0.717, 1.165) is 0 Å². The van der Waals surface area contributed by atoms with E-state index in [4.69, 9.17) is 19.9 Å². The molecular formula is C15H25N3O5. The Morgan fingerprint density at radius 3 is 2.74 bits per heavy atom. The van der Waals surface area contributed by atoms with Crippen LogP contribution in [0.1, 0.15) is 40.3 Å². The molecule has 3 atom stereocenters. The highest BCUT2D eigenvalue weighted by molar-refractivity contribution is 5.41. The monoisotopic (exact) mass is 327 g/mol. The van der Waals surface area contributed by atoms with Gasteiger partial charge in [-0.2, -0.15) is 4.98 Å². The summed E-state index contributed by atoms with van der Waals surface area (Å²) >= 11 is 0. The molecule has 3 N–H and O–H groups in total. The van der Waals surface area contributed by atoms with Gasteiger partial charge in [-0.3, -0.25) is 4.57 Å². The third-order valence-corrected chi connectivity index (χ3v) is 3.49. The van der Waals surface area contributed by atoms with E-state index < -0.39 is 11.9 Å². The van der Waals surface area contributed by atoms with Crippen molar-refractivity contribution in [2.75, 3.05) is 12.3 Å². The van der Waals surface area contributed by atoms with E-state index >= 15 is 0 Å². The van der Waals surface area contributed by atoms with Gasteiger partial charge in [-0.1, -0.05) is 0 Å². The summed E-state index contributed by atoms with van der Waals surface area (Å²) in [6, 6.07) is 0. The second kappa shape index (κ2) is 7.29. The van der Waals surface area contributed by atoms with Gasteiger partial charge in [0.15, 0.2) is 11.6 Å². The molecule has 0 spiro atoms. The molecule has 1 aliphatic rings. The first-order chi connectivity index (χ1) is 10.8. The topological polar surface area (TPSA) is 109 Å². The second-order valence-corrected chi connectivity index (χ2v) is 6.17. The molecule has 8 nitrogen and oxygen atoms in total. The summed E-state index contributed by atoms with van der Waals surface area (Å²) in [5, 5.41) is 9.68. The zero-order valence-electron chi connectivity index (χ0n) is 13.9. The number of ether oxygens (including phenoxy) is 3. The maximum absolute atomic E-state index is 12.0. The van der Waals surface area contributed by atoms with Crippen LogP contribution >= 0.6 is 0 Å². The molecule has 23 heavy (non-hydrogen) atoms. The first kappa shape index (κ1) is 17.7. The average Bonchev–Trinajstić information content (AvgIpc) is 2.82. The van der Waals surface area contributed by atoms with Crippen LogP contribution in [-0.4, -0.2) is 45.7 Å². The molecule has 1 aliphatic heterocycles. The molecule has 8 heteroatoms. The first-order valence-electron chi connectivity index (χ1n) is 7.78. The summed E-state index contributed by atoms with van der Waals surface area (Å²) in [4.78, 5) is 15.6. The molecule has 3 unspecified atom stereocenters. The number of hydrogen-bond donors (Lipinski definition) is 2. The Morgan fingerprint density at radius 1 is 1.43 bits per heavy atom. The Labute approximate surface area is 135 Å². The van der Waals surface area contributed by atoms with E-state index in [1.807, 2.05) is 27.7 Å². The second-order valence-electron chi connectivity index (χ2n) is 6.17. The van der Waals surface area contributed by atoms with Gasteiger partial charge in [-0.25, -0.2) is 4.79 Å². The number of nitrogens with zero attached hydrogens (tertiary/aromatic N) is 2. The van der Waals surface area contributed by atoms with Crippen molar-refractivity contribution in [3.8, 4) is 5.75 Å². The molecule has 2 rings (SSSR count). The smallest absolute Gasteiger partial charge is 0.351 e. The van der Waals surface area contributed by atoms with E-state index in [-0.39, 0.29) is 36.0 Å². The van der Waals surface area contributed by atoms with Crippen molar-refractivity contribution in [3.63, 3.8) is 0 Å². The molecule has 1 fully saturated rings. The molecule has 0 aromatic carbocycles. The fourth-order valence-electron chi connectivity index (χ4n) is 2.48. The number of hydrogen-bond acceptors (Lipinski definition) is 7. The van der Waals surface area contributed by atoms with Crippen LogP contribution in [0.5, 0.6) is 5.75 Å². The van der Waals surface area contributed by atoms with Crippen LogP contribution < -0.4 is 11.4 Å². The van der Waals surface area contributed by atoms with Gasteiger partial charge < -0.3 is 25.1 Å². The van der Waals surface area contributed by atoms with Crippen molar-refractivity contribution in [2.24, 2.45) is 0 Å². The highest BCUT2D eigenvalue weighted by atomic mass is 16.6. The summed E-state index contributed by atoms with van der Waals surface area (Å²) in [5.41, 5.74) is 4.86. The van der Waals surface area contributed by atoms with E-state index in [9.17, 15) is 9.90 Å². The summed E-state index contributed by atoms with van der Waals surface area (Å²) < 4.78 is 18.6. The highest BCUT2D eigenvalue weighted by Crippen LogP contribution is 2.32. The Morgan fingerprint density at radius 2 is 2.13 bits per heavy atom. The first-order valence-corrected chi connectivity index (χ1v) is 7.78. The maximum Gasteiger partial charge on any atom is 0.351 e. The van der Waals surface area contributed by atoms with Gasteiger partial charge in [-0.05, 0) is 27.7 Å². The summed E-state index contributed by atoms with van der Waals surface area (Å²) in [5.74, 6) is -0.449. The maximum atomic E-state index is 12.0. The van der Waals surface area contributed by atoms with E-state index in [1.165, 1.54) is 10.8 Å². The fourth-order valence-corrected chi connectivity index (χ4v) is 2.48. The normalized spacial score (nSPS) is 24.7. The van der Waals surface area contributed by atoms with Gasteiger partial charge in [0.2, 0.25) is 0 Å². The van der Waals surface area contributed by atoms with Crippen LogP contribution in [0.15, 0.2) is 11.0 Å². The van der Waals surface area contributed by atoms with Gasteiger partial charge in [0.25, 0.3) is 0 Å². The number of nitrogens with two attached hydrogens (primary N) is 1. The Bertz CT molecular complexity index is 587. The van der Waals surface area contributed by atoms with Crippen molar-refractivity contribution in [2.45, 2.75) is 64.8 Å². The number of nitrogen functional groups attached to an aromatic ring is 1. The minimum atomic E-state index is -0.578. The molecule has 0 bridgehead atoms. The number of rotatable bonds is 6. The lowest BCUT2D eigenvalue weighted by Crippen LogP contribution is -2.32. The molecule has 0 aliphatic carbocycles. The molecule has 0 saturated carbocycles. The fraction of sp³-hybridized carbons (Fsp3) is 0.733. The van der Waals surface area contributed by atoms with Crippen LogP contribution in [0, 0.1) is 0 Å². The van der Waals surface area contributed by atoms with Gasteiger partial charge in [0.1, 0.15) is 12.3 Å². The van der Waals surface area contributed by atoms with E-state index in [1.54, 1.807) is 0 Å². The van der Waals surface area contributed by atoms with Crippen LogP contribution in [0.3, 0.4) is 0 Å². The van der Waals surface area contributed by atoms with Crippen LogP contribution in [0.2, 0.25) is 0 Å². The quantitative estimate of drug-likeness (QED) is 0.803. The van der Waals surface area contributed by atoms with Gasteiger partial charge in [0, 0.05) is 6.42 Å². The minimum absolute atomic E-state index is 0.0265. The molecule has 1 aromatic rings. The minimum Gasteiger partial charge on any atom is -0.503 e. The molecule has 0 radical (unpaired) electrons. The third kappa shape index (κ3) is 4.43. The van der Waals surface area contributed by atoms with Crippen LogP contribution in [0.25, 0.3) is 0 Å². The van der Waals surface area contributed by atoms with Gasteiger partial charge >= 0.3 is 5.69 Å². The Balaban J connectivity index is 2.18. The predicted octanol–water partition coefficient (Wildman–Crippen LogP) is 1.04. The van der Waals surface area contributed by atoms with Crippen molar-refractivity contribution in [1.82, 2.24) is 9.55 Å². The Kier molecular flexibility index (Phi) is 5.61. The lowest BCUT2D eigenvalue weighted by Gasteiger charge is -2.21. The van der Waals surface area contributed by atoms with E-state index in [0.29, 0.717) is 13.0 Å². The predicted molar refractivity (Wildman–Crippen MR) is 84.2 cm³/mol. The summed E-state index contributed by atoms with van der Waals surface area (Å²) in [6.45, 7) is 8.13. The lowest BCUT2D eigenvalue weighted by molar-refractivity contribution is -0.0963. The molecule has 0 amide bonds. The van der Waals surface area contributed by atoms with Crippen LogP contribution in [-0.2, 0) is 14.2 Å². The zero-order valence-corrected chi connectivity index (χ0v) is 13.9. The molecule has 1 saturated heterocycles. The van der Waals surface area contributed by atoms with Gasteiger partial charge in [-0.15, -0.1) is 0 Å². The SMILES string of the molecule is CC(C)OCC1OC(n2cc(O)c(N)nc2=O)CC1OC(C)C.